The third-order valence-corrected chi connectivity index (χ3v) is 4.60. The van der Waals surface area contributed by atoms with Crippen molar-refractivity contribution in [3.63, 3.8) is 0 Å². The van der Waals surface area contributed by atoms with Crippen molar-refractivity contribution in [1.82, 2.24) is 10.2 Å². The summed E-state index contributed by atoms with van der Waals surface area (Å²) in [5.74, 6) is -0.101. The molecule has 1 aliphatic rings. The predicted molar refractivity (Wildman–Crippen MR) is 105 cm³/mol. The smallest absolute Gasteiger partial charge is 0.256 e. The highest BCUT2D eigenvalue weighted by Gasteiger charge is 2.37. The fraction of sp³-hybridized carbons (Fsp3) is 0.333. The minimum absolute atomic E-state index is 0.0345. The molecule has 0 saturated heterocycles. The van der Waals surface area contributed by atoms with Gasteiger partial charge in [0.1, 0.15) is 6.17 Å². The van der Waals surface area contributed by atoms with Crippen LogP contribution in [0, 0.1) is 0 Å². The van der Waals surface area contributed by atoms with Gasteiger partial charge in [-0.05, 0) is 44.2 Å². The number of nitrogens with zero attached hydrogens (tertiary/aromatic N) is 1. The summed E-state index contributed by atoms with van der Waals surface area (Å²) in [6, 6.07) is 15.0. The lowest BCUT2D eigenvalue weighted by molar-refractivity contribution is 0.0685. The zero-order valence-corrected chi connectivity index (χ0v) is 15.9. The van der Waals surface area contributed by atoms with E-state index >= 15 is 0 Å². The molecule has 0 spiro atoms. The fourth-order valence-corrected chi connectivity index (χ4v) is 3.26. The number of ether oxygens (including phenoxy) is 1. The molecule has 2 aromatic rings. The van der Waals surface area contributed by atoms with Crippen LogP contribution in [0.1, 0.15) is 46.3 Å². The molecule has 1 aliphatic heterocycles. The first-order chi connectivity index (χ1) is 13.0. The van der Waals surface area contributed by atoms with Crippen LogP contribution in [-0.2, 0) is 4.74 Å². The Morgan fingerprint density at radius 1 is 1.15 bits per heavy atom. The van der Waals surface area contributed by atoms with Crippen LogP contribution < -0.4 is 10.6 Å². The van der Waals surface area contributed by atoms with Crippen molar-refractivity contribution in [3.8, 4) is 0 Å². The van der Waals surface area contributed by atoms with E-state index in [1.807, 2.05) is 55.1 Å². The number of hydrogen-bond acceptors (Lipinski definition) is 4. The van der Waals surface area contributed by atoms with Crippen molar-refractivity contribution in [2.75, 3.05) is 25.6 Å². The number of nitrogens with one attached hydrogen (secondary N) is 2. The first-order valence-corrected chi connectivity index (χ1v) is 9.08. The van der Waals surface area contributed by atoms with E-state index in [1.165, 1.54) is 0 Å². The van der Waals surface area contributed by atoms with E-state index in [1.54, 1.807) is 19.2 Å². The van der Waals surface area contributed by atoms with Crippen LogP contribution in [0.3, 0.4) is 0 Å². The van der Waals surface area contributed by atoms with Crippen LogP contribution in [0.2, 0.25) is 0 Å². The standard InChI is InChI=1S/C21H25N3O3/c1-14(2)24-19(17-6-4-5-7-18(17)21(24)26)23-16-10-8-15(9-11-16)20(25)22-12-13-27-3/h4-11,14,19,23H,12-13H2,1-3H3,(H,22,25)/t19-/m0/s1. The molecule has 0 saturated carbocycles. The summed E-state index contributed by atoms with van der Waals surface area (Å²) in [7, 11) is 1.60. The molecule has 142 valence electrons. The molecule has 2 aromatic carbocycles. The van der Waals surface area contributed by atoms with Crippen molar-refractivity contribution in [1.29, 1.82) is 0 Å². The molecule has 1 atom stereocenters. The maximum Gasteiger partial charge on any atom is 0.256 e. The molecule has 1 heterocycles. The fourth-order valence-electron chi connectivity index (χ4n) is 3.26. The highest BCUT2D eigenvalue weighted by Crippen LogP contribution is 2.35. The van der Waals surface area contributed by atoms with Gasteiger partial charge >= 0.3 is 0 Å². The zero-order valence-electron chi connectivity index (χ0n) is 15.9. The third-order valence-electron chi connectivity index (χ3n) is 4.60. The van der Waals surface area contributed by atoms with Crippen molar-refractivity contribution in [2.45, 2.75) is 26.1 Å². The Balaban J connectivity index is 1.76. The molecule has 0 aliphatic carbocycles. The first-order valence-electron chi connectivity index (χ1n) is 9.08. The number of hydrogen-bond donors (Lipinski definition) is 2. The maximum atomic E-state index is 12.7. The van der Waals surface area contributed by atoms with Gasteiger partial charge in [0.25, 0.3) is 11.8 Å². The largest absolute Gasteiger partial charge is 0.383 e. The molecule has 2 amide bonds. The Kier molecular flexibility index (Phi) is 5.76. The van der Waals surface area contributed by atoms with Gasteiger partial charge in [-0.1, -0.05) is 18.2 Å². The summed E-state index contributed by atoms with van der Waals surface area (Å²) < 4.78 is 4.93. The average molecular weight is 367 g/mol. The summed E-state index contributed by atoms with van der Waals surface area (Å²) in [6.07, 6.45) is -0.227. The topological polar surface area (TPSA) is 70.7 Å². The van der Waals surface area contributed by atoms with Gasteiger partial charge in [0.2, 0.25) is 0 Å². The summed E-state index contributed by atoms with van der Waals surface area (Å²) in [4.78, 5) is 26.7. The van der Waals surface area contributed by atoms with E-state index in [-0.39, 0.29) is 24.0 Å². The summed E-state index contributed by atoms with van der Waals surface area (Å²) in [5.41, 5.74) is 3.14. The van der Waals surface area contributed by atoms with Gasteiger partial charge in [-0.15, -0.1) is 0 Å². The van der Waals surface area contributed by atoms with Gasteiger partial charge in [0.15, 0.2) is 0 Å². The molecule has 6 nitrogen and oxygen atoms in total. The molecular weight excluding hydrogens is 342 g/mol. The lowest BCUT2D eigenvalue weighted by Gasteiger charge is -2.30. The van der Waals surface area contributed by atoms with Crippen molar-refractivity contribution < 1.29 is 14.3 Å². The van der Waals surface area contributed by atoms with E-state index in [0.717, 1.165) is 16.8 Å². The van der Waals surface area contributed by atoms with E-state index in [2.05, 4.69) is 10.6 Å². The SMILES string of the molecule is COCCNC(=O)c1ccc(N[C@@H]2c3ccccc3C(=O)N2C(C)C)cc1. The number of benzene rings is 2. The minimum atomic E-state index is -0.227. The van der Waals surface area contributed by atoms with Crippen LogP contribution in [-0.4, -0.2) is 43.0 Å². The van der Waals surface area contributed by atoms with E-state index in [0.29, 0.717) is 18.7 Å². The molecule has 0 bridgehead atoms. The number of carbonyl (C=O) groups is 2. The van der Waals surface area contributed by atoms with Gasteiger partial charge in [0, 0.05) is 42.1 Å². The van der Waals surface area contributed by atoms with E-state index in [9.17, 15) is 9.59 Å². The van der Waals surface area contributed by atoms with Crippen LogP contribution in [0.25, 0.3) is 0 Å². The quantitative estimate of drug-likeness (QED) is 0.738. The van der Waals surface area contributed by atoms with Gasteiger partial charge in [-0.3, -0.25) is 9.59 Å². The number of methoxy groups -OCH3 is 1. The second kappa shape index (κ2) is 8.22. The first kappa shape index (κ1) is 18.9. The maximum absolute atomic E-state index is 12.7. The van der Waals surface area contributed by atoms with Gasteiger partial charge < -0.3 is 20.3 Å². The van der Waals surface area contributed by atoms with Gasteiger partial charge in [-0.2, -0.15) is 0 Å². The molecule has 0 aromatic heterocycles. The van der Waals surface area contributed by atoms with Gasteiger partial charge in [-0.25, -0.2) is 0 Å². The second-order valence-corrected chi connectivity index (χ2v) is 6.77. The lowest BCUT2D eigenvalue weighted by Crippen LogP contribution is -2.37. The molecule has 0 radical (unpaired) electrons. The van der Waals surface area contributed by atoms with E-state index < -0.39 is 0 Å². The Labute approximate surface area is 159 Å². The summed E-state index contributed by atoms with van der Waals surface area (Å²) in [5, 5.41) is 6.23. The van der Waals surface area contributed by atoms with Crippen LogP contribution >= 0.6 is 0 Å². The van der Waals surface area contributed by atoms with Crippen LogP contribution in [0.4, 0.5) is 5.69 Å². The number of amides is 2. The van der Waals surface area contributed by atoms with E-state index in [4.69, 9.17) is 4.74 Å². The highest BCUT2D eigenvalue weighted by molar-refractivity contribution is 5.99. The number of anilines is 1. The van der Waals surface area contributed by atoms with Crippen molar-refractivity contribution in [2.24, 2.45) is 0 Å². The summed E-state index contributed by atoms with van der Waals surface area (Å²) in [6.45, 7) is 4.96. The average Bonchev–Trinajstić information content (AvgIpc) is 2.95. The number of fused-ring (bicyclic) bond motifs is 1. The molecule has 2 N–H and O–H groups in total. The van der Waals surface area contributed by atoms with Crippen molar-refractivity contribution in [3.05, 3.63) is 65.2 Å². The molecule has 0 unspecified atom stereocenters. The Morgan fingerprint density at radius 2 is 1.85 bits per heavy atom. The Hall–Kier alpha value is -2.86. The number of carbonyl (C=O) groups excluding carboxylic acids is 2. The normalized spacial score (nSPS) is 15.8. The lowest BCUT2D eigenvalue weighted by atomic mass is 10.1. The van der Waals surface area contributed by atoms with Crippen LogP contribution in [0.5, 0.6) is 0 Å². The molecular formula is C21H25N3O3. The zero-order chi connectivity index (χ0) is 19.4. The third kappa shape index (κ3) is 3.95. The minimum Gasteiger partial charge on any atom is -0.383 e. The molecule has 6 heteroatoms. The van der Waals surface area contributed by atoms with Gasteiger partial charge in [0.05, 0.1) is 6.61 Å². The van der Waals surface area contributed by atoms with Crippen molar-refractivity contribution >= 4 is 17.5 Å². The predicted octanol–water partition coefficient (Wildman–Crippen LogP) is 3.04. The molecule has 3 rings (SSSR count). The Morgan fingerprint density at radius 3 is 2.52 bits per heavy atom. The second-order valence-electron chi connectivity index (χ2n) is 6.77. The number of rotatable bonds is 7. The highest BCUT2D eigenvalue weighted by atomic mass is 16.5. The summed E-state index contributed by atoms with van der Waals surface area (Å²) >= 11 is 0. The molecule has 27 heavy (non-hydrogen) atoms. The molecule has 0 fully saturated rings. The monoisotopic (exact) mass is 367 g/mol. The van der Waals surface area contributed by atoms with Crippen LogP contribution in [0.15, 0.2) is 48.5 Å². The Bertz CT molecular complexity index is 818.